The summed E-state index contributed by atoms with van der Waals surface area (Å²) in [5.74, 6) is -1.41. The Morgan fingerprint density at radius 1 is 0.699 bits per heavy atom. The van der Waals surface area contributed by atoms with Crippen molar-refractivity contribution in [1.29, 1.82) is 0 Å². The molecule has 2 saturated heterocycles. The second kappa shape index (κ2) is 36.8. The smallest absolute Gasteiger partial charge is 0.462 e. The van der Waals surface area contributed by atoms with Gasteiger partial charge in [0.1, 0.15) is 30.7 Å². The van der Waals surface area contributed by atoms with Gasteiger partial charge in [0, 0.05) is 19.0 Å². The molecule has 19 nitrogen and oxygen atoms in total. The van der Waals surface area contributed by atoms with Gasteiger partial charge >= 0.3 is 33.3 Å². The number of phosphoric acid groups is 2. The predicted octanol–water partition coefficient (Wildman–Crippen LogP) is 9.65. The zero-order valence-corrected chi connectivity index (χ0v) is 44.4. The summed E-state index contributed by atoms with van der Waals surface area (Å²) in [4.78, 5) is 62.1. The third kappa shape index (κ3) is 29.0. The van der Waals surface area contributed by atoms with Crippen LogP contribution in [0, 0.1) is 0 Å². The lowest BCUT2D eigenvalue weighted by Crippen LogP contribution is -2.36. The van der Waals surface area contributed by atoms with Crippen LogP contribution in [0.15, 0.2) is 102 Å². The van der Waals surface area contributed by atoms with Crippen LogP contribution in [0.25, 0.3) is 0 Å². The highest BCUT2D eigenvalue weighted by molar-refractivity contribution is 7.61. The van der Waals surface area contributed by atoms with Crippen molar-refractivity contribution in [3.63, 3.8) is 0 Å². The van der Waals surface area contributed by atoms with Gasteiger partial charge in [-0.25, -0.2) is 13.9 Å². The van der Waals surface area contributed by atoms with E-state index in [1.54, 1.807) is 0 Å². The molecule has 3 rings (SSSR count). The van der Waals surface area contributed by atoms with E-state index in [1.165, 1.54) is 25.3 Å². The monoisotopic (exact) mass is 1070 g/mol. The molecule has 2 aliphatic rings. The van der Waals surface area contributed by atoms with Gasteiger partial charge in [0.25, 0.3) is 0 Å². The van der Waals surface area contributed by atoms with Crippen molar-refractivity contribution in [2.24, 2.45) is 0 Å². The predicted molar refractivity (Wildman–Crippen MR) is 279 cm³/mol. The van der Waals surface area contributed by atoms with Crippen LogP contribution in [0.5, 0.6) is 0 Å². The number of unbranched alkanes of at least 4 members (excludes halogenated alkanes) is 7. The summed E-state index contributed by atoms with van der Waals surface area (Å²) in [7, 11) is -10.9. The summed E-state index contributed by atoms with van der Waals surface area (Å²) in [6.45, 7) is 1.91. The van der Waals surface area contributed by atoms with E-state index in [2.05, 4.69) is 108 Å². The molecule has 0 saturated carbocycles. The summed E-state index contributed by atoms with van der Waals surface area (Å²) in [5, 5.41) is 20.9. The third-order valence-corrected chi connectivity index (χ3v) is 14.0. The van der Waals surface area contributed by atoms with E-state index in [9.17, 15) is 43.5 Å². The van der Waals surface area contributed by atoms with E-state index in [-0.39, 0.29) is 30.9 Å². The maximum Gasteiger partial charge on any atom is 0.481 e. The van der Waals surface area contributed by atoms with E-state index < -0.39 is 83.7 Å². The molecule has 2 aliphatic heterocycles. The number of allylic oxidation sites excluding steroid dienone is 13. The van der Waals surface area contributed by atoms with Gasteiger partial charge in [-0.1, -0.05) is 125 Å². The van der Waals surface area contributed by atoms with Crippen LogP contribution in [0.3, 0.4) is 0 Å². The molecule has 0 aromatic carbocycles. The lowest BCUT2D eigenvalue weighted by Gasteiger charge is -2.21. The first-order valence-corrected chi connectivity index (χ1v) is 28.7. The number of aromatic nitrogens is 2. The molecule has 2 fully saturated rings. The van der Waals surface area contributed by atoms with E-state index in [0.29, 0.717) is 19.3 Å². The molecule has 4 unspecified atom stereocenters. The molecule has 0 aliphatic carbocycles. The van der Waals surface area contributed by atoms with Crippen molar-refractivity contribution in [3.05, 3.63) is 108 Å². The van der Waals surface area contributed by atoms with Crippen LogP contribution >= 0.6 is 15.6 Å². The first kappa shape index (κ1) is 63.2. The van der Waals surface area contributed by atoms with Crippen molar-refractivity contribution in [2.45, 2.75) is 185 Å². The number of esters is 2. The second-order valence-electron chi connectivity index (χ2n) is 17.7. The second-order valence-corrected chi connectivity index (χ2v) is 20.7. The number of carbonyl (C=O) groups excluding carboxylic acids is 2. The van der Waals surface area contributed by atoms with Gasteiger partial charge < -0.3 is 44.7 Å². The molecular weight excluding hydrogens is 985 g/mol. The van der Waals surface area contributed by atoms with Crippen LogP contribution in [0.4, 0.5) is 5.82 Å². The minimum Gasteiger partial charge on any atom is -0.462 e. The largest absolute Gasteiger partial charge is 0.481 e. The van der Waals surface area contributed by atoms with E-state index in [4.69, 9.17) is 33.7 Å². The number of hydrogen-bond donors (Lipinski definition) is 5. The molecule has 0 radical (unpaired) electrons. The van der Waals surface area contributed by atoms with Crippen molar-refractivity contribution in [1.82, 2.24) is 9.55 Å². The first-order chi connectivity index (χ1) is 35.1. The Morgan fingerprint density at radius 2 is 1.27 bits per heavy atom. The number of nitrogen functional groups attached to an aromatic ring is 1. The summed E-state index contributed by atoms with van der Waals surface area (Å²) in [5.41, 5.74) is 4.58. The molecule has 1 aromatic rings. The number of aliphatic hydroxyl groups is 2. The Balaban J connectivity index is 1.43. The SMILES string of the molecule is CC/C=C\C/C=C\C/C=C\C/C=C\CCCCCCC(=O)O[C@H](COC(=O)CCCC1OC1C/C=C\C/C=C\C/C=C\CCCCC)COP(=O)(O)OP(=O)(O)OC[C@H]1O[C@@H](n2ccc(N)nc2=O)[C@H](O)[C@@H]1O. The van der Waals surface area contributed by atoms with Crippen molar-refractivity contribution < 1.29 is 71.0 Å². The van der Waals surface area contributed by atoms with Crippen LogP contribution in [0.2, 0.25) is 0 Å². The number of hydrogen-bond acceptors (Lipinski definition) is 16. The Hall–Kier alpha value is -4.10. The average Bonchev–Trinajstić information content (AvgIpc) is 4.04. The fourth-order valence-electron chi connectivity index (χ4n) is 7.33. The Labute approximate surface area is 431 Å². The minimum atomic E-state index is -5.45. The van der Waals surface area contributed by atoms with Crippen LogP contribution < -0.4 is 11.4 Å². The number of epoxide rings is 1. The molecule has 0 bridgehead atoms. The molecule has 0 spiro atoms. The van der Waals surface area contributed by atoms with Gasteiger partial charge in [-0.2, -0.15) is 9.29 Å². The maximum atomic E-state index is 12.9. The molecule has 6 N–H and O–H groups in total. The van der Waals surface area contributed by atoms with Gasteiger partial charge in [0.05, 0.1) is 25.4 Å². The topological polar surface area (TPSA) is 278 Å². The number of phosphoric ester groups is 2. The van der Waals surface area contributed by atoms with Crippen molar-refractivity contribution in [2.75, 3.05) is 25.6 Å². The lowest BCUT2D eigenvalue weighted by atomic mass is 10.1. The zero-order chi connectivity index (χ0) is 53.2. The number of nitrogens with two attached hydrogens (primary N) is 1. The molecule has 73 heavy (non-hydrogen) atoms. The quantitative estimate of drug-likeness (QED) is 0.0134. The molecule has 3 heterocycles. The maximum absolute atomic E-state index is 12.9. The molecule has 0 amide bonds. The van der Waals surface area contributed by atoms with E-state index in [0.717, 1.165) is 87.8 Å². The van der Waals surface area contributed by atoms with Crippen molar-refractivity contribution in [3.8, 4) is 0 Å². The highest BCUT2D eigenvalue weighted by atomic mass is 31.3. The number of anilines is 1. The van der Waals surface area contributed by atoms with Crippen LogP contribution in [-0.2, 0) is 51.0 Å². The number of aliphatic hydroxyl groups excluding tert-OH is 2. The summed E-state index contributed by atoms with van der Waals surface area (Å²) in [6.07, 6.45) is 39.6. The van der Waals surface area contributed by atoms with Gasteiger partial charge in [-0.05, 0) is 96.0 Å². The Morgan fingerprint density at radius 3 is 1.90 bits per heavy atom. The Bertz CT molecular complexity index is 2120. The van der Waals surface area contributed by atoms with Crippen LogP contribution in [-0.4, -0.2) is 97.9 Å². The number of ether oxygens (including phenoxy) is 4. The highest BCUT2D eigenvalue weighted by Crippen LogP contribution is 2.60. The zero-order valence-electron chi connectivity index (χ0n) is 42.6. The molecular formula is C52H81N3O16P2. The summed E-state index contributed by atoms with van der Waals surface area (Å²) >= 11 is 0. The van der Waals surface area contributed by atoms with Gasteiger partial charge in [0.2, 0.25) is 0 Å². The summed E-state index contributed by atoms with van der Waals surface area (Å²) < 4.78 is 62.6. The van der Waals surface area contributed by atoms with Gasteiger partial charge in [-0.3, -0.25) is 23.2 Å². The number of carbonyl (C=O) groups is 2. The third-order valence-electron chi connectivity index (χ3n) is 11.4. The van der Waals surface area contributed by atoms with Gasteiger partial charge in [0.15, 0.2) is 12.3 Å². The van der Waals surface area contributed by atoms with Gasteiger partial charge in [-0.15, -0.1) is 0 Å². The normalized spacial score (nSPS) is 22.4. The van der Waals surface area contributed by atoms with Crippen molar-refractivity contribution >= 4 is 33.4 Å². The first-order valence-electron chi connectivity index (χ1n) is 25.7. The Kier molecular flexibility index (Phi) is 31.8. The fourth-order valence-corrected chi connectivity index (χ4v) is 9.44. The number of nitrogens with zero attached hydrogens (tertiary/aromatic N) is 2. The van der Waals surface area contributed by atoms with E-state index >= 15 is 0 Å². The van der Waals surface area contributed by atoms with Crippen LogP contribution in [0.1, 0.15) is 148 Å². The standard InChI is InChI=1S/C52H81N3O16P2/c1-3-5-7-9-11-13-15-17-18-19-20-21-23-25-27-29-31-35-48(57)68-42(39-65-47(56)36-32-34-44-43(69-44)33-30-28-26-24-22-16-14-12-10-8-6-4-2)40-66-72(61,62)71-73(63,64)67-41-45-49(58)50(59)51(70-45)55-38-37-46(53)54-52(55)60/h5,7,11-14,17-18,20-22,24,28,30,37-38,42-45,49-51,58-59H,3-4,6,8-10,15-16,19,23,25-27,29,31-36,39-41H2,1-2H3,(H,61,62)(H,63,64)(H2,53,54,60)/b7-5-,13-11-,14-12-,18-17-,21-20-,24-22-,30-28-/t42-,43?,44?,45-,49-,50-,51-/m1/s1. The number of rotatable bonds is 40. The minimum absolute atomic E-state index is 0.000795. The molecule has 9 atom stereocenters. The lowest BCUT2D eigenvalue weighted by molar-refractivity contribution is -0.161. The summed E-state index contributed by atoms with van der Waals surface area (Å²) in [6, 6.07) is 1.24. The molecule has 1 aromatic heterocycles. The average molecular weight is 1070 g/mol. The van der Waals surface area contributed by atoms with E-state index in [1.807, 2.05) is 0 Å². The molecule has 410 valence electrons. The highest BCUT2D eigenvalue weighted by Gasteiger charge is 2.46. The fraction of sp³-hybridized carbons (Fsp3) is 0.615. The molecule has 21 heteroatoms.